The maximum Gasteiger partial charge on any atom is 0.341 e. The molecule has 0 aliphatic rings. The summed E-state index contributed by atoms with van der Waals surface area (Å²) in [6.07, 6.45) is 0. The van der Waals surface area contributed by atoms with Gasteiger partial charge in [-0.3, -0.25) is 10.2 Å². The molecule has 0 radical (unpaired) electrons. The van der Waals surface area contributed by atoms with Crippen molar-refractivity contribution in [3.63, 3.8) is 0 Å². The first kappa shape index (κ1) is 22.8. The first-order chi connectivity index (χ1) is 15.2. The second kappa shape index (κ2) is 9.98. The number of hydrazine groups is 1. The predicted octanol–water partition coefficient (Wildman–Crippen LogP) is 2.25. The van der Waals surface area contributed by atoms with Crippen LogP contribution < -0.4 is 19.7 Å². The second-order valence-electron chi connectivity index (χ2n) is 6.54. The van der Waals surface area contributed by atoms with Crippen LogP contribution >= 0.6 is 0 Å². The Hall–Kier alpha value is -3.83. The summed E-state index contributed by atoms with van der Waals surface area (Å²) in [6, 6.07) is 15.8. The fourth-order valence-electron chi connectivity index (χ4n) is 2.57. The van der Waals surface area contributed by atoms with Gasteiger partial charge in [-0.05, 0) is 55.0 Å². The Labute approximate surface area is 183 Å². The first-order valence-electron chi connectivity index (χ1n) is 9.28. The summed E-state index contributed by atoms with van der Waals surface area (Å²) in [5, 5.41) is 8.66. The monoisotopic (exact) mass is 460 g/mol. The molecule has 3 rings (SSSR count). The molecule has 3 aromatic rings. The molecule has 32 heavy (non-hydrogen) atoms. The minimum absolute atomic E-state index is 0.0958. The number of amides is 1. The molecule has 11 heteroatoms. The van der Waals surface area contributed by atoms with Crippen LogP contribution in [0.2, 0.25) is 0 Å². The molecule has 0 bridgehead atoms. The highest BCUT2D eigenvalue weighted by Crippen LogP contribution is 2.21. The largest absolute Gasteiger partial charge is 0.486 e. The van der Waals surface area contributed by atoms with Crippen molar-refractivity contribution in [2.75, 3.05) is 6.61 Å². The Morgan fingerprint density at radius 1 is 1.03 bits per heavy atom. The number of hydrogen-bond acceptors (Lipinski definition) is 7. The summed E-state index contributed by atoms with van der Waals surface area (Å²) >= 11 is 0. The Morgan fingerprint density at radius 2 is 1.78 bits per heavy atom. The number of carboxylic acid groups (broad SMARTS) is 1. The quantitative estimate of drug-likeness (QED) is 0.391. The van der Waals surface area contributed by atoms with Crippen LogP contribution in [0, 0.1) is 6.92 Å². The van der Waals surface area contributed by atoms with Gasteiger partial charge in [0, 0.05) is 0 Å². The van der Waals surface area contributed by atoms with Crippen LogP contribution in [0.3, 0.4) is 0 Å². The van der Waals surface area contributed by atoms with E-state index < -0.39 is 28.5 Å². The van der Waals surface area contributed by atoms with Crippen LogP contribution in [0.15, 0.2) is 70.0 Å². The Bertz CT molecular complexity index is 1210. The number of para-hydroxylation sites is 1. The van der Waals surface area contributed by atoms with Crippen LogP contribution in [0.1, 0.15) is 21.9 Å². The number of aryl methyl sites for hydroxylation is 1. The van der Waals surface area contributed by atoms with Gasteiger partial charge in [0.2, 0.25) is 0 Å². The third-order valence-electron chi connectivity index (χ3n) is 4.12. The van der Waals surface area contributed by atoms with Crippen LogP contribution in [0.25, 0.3) is 0 Å². The number of furan rings is 1. The zero-order chi connectivity index (χ0) is 23.1. The molecule has 1 amide bonds. The number of aliphatic carboxylic acids is 1. The van der Waals surface area contributed by atoms with Crippen LogP contribution in [0.5, 0.6) is 11.5 Å². The SMILES string of the molecule is Cc1cc(S(=O)(=O)NNC(=O)c2ccc(COc3ccccc3)o2)ccc1OCC(=O)O. The molecule has 3 N–H and O–H groups in total. The van der Waals surface area contributed by atoms with Gasteiger partial charge in [0.1, 0.15) is 23.9 Å². The zero-order valence-corrected chi connectivity index (χ0v) is 17.7. The lowest BCUT2D eigenvalue weighted by Gasteiger charge is -2.11. The average molecular weight is 460 g/mol. The van der Waals surface area contributed by atoms with Gasteiger partial charge in [0.15, 0.2) is 12.4 Å². The molecular formula is C21H20N2O8S. The number of nitrogens with one attached hydrogen (secondary N) is 2. The maximum absolute atomic E-state index is 12.5. The number of carboxylic acids is 1. The highest BCUT2D eigenvalue weighted by Gasteiger charge is 2.19. The molecule has 10 nitrogen and oxygen atoms in total. The van der Waals surface area contributed by atoms with Gasteiger partial charge >= 0.3 is 11.9 Å². The van der Waals surface area contributed by atoms with Gasteiger partial charge in [0.05, 0.1) is 4.90 Å². The highest BCUT2D eigenvalue weighted by molar-refractivity contribution is 7.89. The minimum Gasteiger partial charge on any atom is -0.486 e. The summed E-state index contributed by atoms with van der Waals surface area (Å²) in [7, 11) is -4.09. The number of hydrogen-bond donors (Lipinski definition) is 3. The van der Waals surface area contributed by atoms with Crippen molar-refractivity contribution >= 4 is 21.9 Å². The summed E-state index contributed by atoms with van der Waals surface area (Å²) in [6.45, 7) is 1.11. The summed E-state index contributed by atoms with van der Waals surface area (Å²) in [5.41, 5.74) is 2.49. The van der Waals surface area contributed by atoms with Crippen molar-refractivity contribution in [3.8, 4) is 11.5 Å². The third-order valence-corrected chi connectivity index (χ3v) is 5.36. The molecule has 0 atom stereocenters. The van der Waals surface area contributed by atoms with Crippen LogP contribution in [-0.4, -0.2) is 32.0 Å². The van der Waals surface area contributed by atoms with E-state index in [4.69, 9.17) is 19.0 Å². The summed E-state index contributed by atoms with van der Waals surface area (Å²) < 4.78 is 40.9. The number of carbonyl (C=O) groups is 2. The molecule has 1 aromatic heterocycles. The standard InChI is InChI=1S/C21H20N2O8S/c1-14-11-17(8-10-18(14)30-13-20(24)25)32(27,28)23-22-21(26)19-9-7-16(31-19)12-29-15-5-3-2-4-6-15/h2-11,23H,12-13H2,1H3,(H,22,26)(H,24,25). The summed E-state index contributed by atoms with van der Waals surface area (Å²) in [5.74, 6) is -0.799. The predicted molar refractivity (Wildman–Crippen MR) is 112 cm³/mol. The molecule has 0 aliphatic carbocycles. The van der Waals surface area contributed by atoms with Crippen molar-refractivity contribution < 1.29 is 37.0 Å². The number of sulfonamides is 1. The van der Waals surface area contributed by atoms with Crippen molar-refractivity contribution in [2.45, 2.75) is 18.4 Å². The van der Waals surface area contributed by atoms with E-state index in [-0.39, 0.29) is 23.0 Å². The van der Waals surface area contributed by atoms with E-state index in [2.05, 4.69) is 5.43 Å². The van der Waals surface area contributed by atoms with Crippen molar-refractivity contribution in [1.82, 2.24) is 10.3 Å². The van der Waals surface area contributed by atoms with E-state index in [9.17, 15) is 18.0 Å². The van der Waals surface area contributed by atoms with E-state index in [1.165, 1.54) is 24.3 Å². The molecule has 168 valence electrons. The number of ether oxygens (including phenoxy) is 2. The molecule has 0 fully saturated rings. The Kier molecular flexibility index (Phi) is 7.13. The average Bonchev–Trinajstić information content (AvgIpc) is 3.25. The maximum atomic E-state index is 12.5. The van der Waals surface area contributed by atoms with E-state index >= 15 is 0 Å². The third kappa shape index (κ3) is 6.09. The zero-order valence-electron chi connectivity index (χ0n) is 16.9. The fraction of sp³-hybridized carbons (Fsp3) is 0.143. The topological polar surface area (TPSA) is 144 Å². The number of benzene rings is 2. The smallest absolute Gasteiger partial charge is 0.341 e. The molecule has 0 saturated carbocycles. The molecule has 1 heterocycles. The lowest BCUT2D eigenvalue weighted by Crippen LogP contribution is -2.41. The van der Waals surface area contributed by atoms with Gasteiger partial charge < -0.3 is 19.0 Å². The van der Waals surface area contributed by atoms with Gasteiger partial charge in [-0.15, -0.1) is 4.83 Å². The highest BCUT2D eigenvalue weighted by atomic mass is 32.2. The first-order valence-corrected chi connectivity index (χ1v) is 10.8. The van der Waals surface area contributed by atoms with E-state index in [1.807, 2.05) is 23.0 Å². The van der Waals surface area contributed by atoms with Crippen LogP contribution in [0.4, 0.5) is 0 Å². The van der Waals surface area contributed by atoms with E-state index in [0.717, 1.165) is 0 Å². The molecule has 0 saturated heterocycles. The lowest BCUT2D eigenvalue weighted by molar-refractivity contribution is -0.139. The normalized spacial score (nSPS) is 11.0. The van der Waals surface area contributed by atoms with Gasteiger partial charge in [-0.2, -0.15) is 0 Å². The number of rotatable bonds is 10. The number of carbonyl (C=O) groups excluding carboxylic acids is 1. The van der Waals surface area contributed by atoms with Crippen molar-refractivity contribution in [2.24, 2.45) is 0 Å². The molecule has 2 aromatic carbocycles. The van der Waals surface area contributed by atoms with Gasteiger partial charge in [0.25, 0.3) is 10.0 Å². The molecule has 0 aliphatic heterocycles. The Balaban J connectivity index is 1.57. The molecule has 0 unspecified atom stereocenters. The van der Waals surface area contributed by atoms with Crippen LogP contribution in [-0.2, 0) is 21.4 Å². The molecular weight excluding hydrogens is 440 g/mol. The van der Waals surface area contributed by atoms with Crippen molar-refractivity contribution in [1.29, 1.82) is 0 Å². The van der Waals surface area contributed by atoms with E-state index in [1.54, 1.807) is 25.1 Å². The Morgan fingerprint density at radius 3 is 2.47 bits per heavy atom. The van der Waals surface area contributed by atoms with Gasteiger partial charge in [-0.25, -0.2) is 13.2 Å². The van der Waals surface area contributed by atoms with Crippen molar-refractivity contribution in [3.05, 3.63) is 77.7 Å². The fourth-order valence-corrected chi connectivity index (χ4v) is 3.50. The second-order valence-corrected chi connectivity index (χ2v) is 8.22. The van der Waals surface area contributed by atoms with E-state index in [0.29, 0.717) is 17.1 Å². The van der Waals surface area contributed by atoms with Gasteiger partial charge in [-0.1, -0.05) is 18.2 Å². The molecule has 0 spiro atoms. The lowest BCUT2D eigenvalue weighted by atomic mass is 10.2. The minimum atomic E-state index is -4.09. The summed E-state index contributed by atoms with van der Waals surface area (Å²) in [4.78, 5) is 24.7.